The van der Waals surface area contributed by atoms with Crippen LogP contribution in [0.4, 0.5) is 0 Å². The number of hydrogen-bond acceptors (Lipinski definition) is 4. The van der Waals surface area contributed by atoms with Crippen LogP contribution in [-0.4, -0.2) is 20.1 Å². The molecule has 2 aromatic rings. The van der Waals surface area contributed by atoms with E-state index in [1.807, 2.05) is 19.4 Å². The van der Waals surface area contributed by atoms with Crippen molar-refractivity contribution in [1.82, 2.24) is 19.9 Å². The van der Waals surface area contributed by atoms with Crippen molar-refractivity contribution in [3.8, 4) is 0 Å². The molecule has 0 bridgehead atoms. The summed E-state index contributed by atoms with van der Waals surface area (Å²) >= 11 is 1.70. The van der Waals surface area contributed by atoms with Crippen LogP contribution >= 0.6 is 11.3 Å². The summed E-state index contributed by atoms with van der Waals surface area (Å²) in [5, 5.41) is 6.69. The number of rotatable bonds is 4. The molecular weight excluding hydrogens is 244 g/mol. The van der Waals surface area contributed by atoms with Crippen LogP contribution < -0.4 is 5.32 Å². The highest BCUT2D eigenvalue weighted by Gasteiger charge is 2.11. The minimum Gasteiger partial charge on any atom is -0.326 e. The van der Waals surface area contributed by atoms with Gasteiger partial charge >= 0.3 is 0 Å². The van der Waals surface area contributed by atoms with Crippen molar-refractivity contribution in [2.45, 2.75) is 46.3 Å². The molecule has 0 unspecified atom stereocenters. The van der Waals surface area contributed by atoms with Crippen molar-refractivity contribution in [2.24, 2.45) is 0 Å². The molecule has 0 spiro atoms. The minimum atomic E-state index is 0.118. The van der Waals surface area contributed by atoms with Gasteiger partial charge < -0.3 is 9.88 Å². The lowest BCUT2D eigenvalue weighted by Crippen LogP contribution is -2.35. The summed E-state index contributed by atoms with van der Waals surface area (Å²) in [5.41, 5.74) is 2.40. The van der Waals surface area contributed by atoms with E-state index in [9.17, 15) is 0 Å². The highest BCUT2D eigenvalue weighted by Crippen LogP contribution is 2.12. The van der Waals surface area contributed by atoms with Crippen molar-refractivity contribution in [3.63, 3.8) is 0 Å². The second kappa shape index (κ2) is 5.20. The van der Waals surface area contributed by atoms with Gasteiger partial charge in [0.15, 0.2) is 0 Å². The Morgan fingerprint density at radius 1 is 1.39 bits per heavy atom. The predicted molar refractivity (Wildman–Crippen MR) is 74.8 cm³/mol. The first-order chi connectivity index (χ1) is 8.44. The number of aryl methyl sites for hydroxylation is 1. The Bertz CT molecular complexity index is 507. The largest absolute Gasteiger partial charge is 0.326 e. The van der Waals surface area contributed by atoms with Gasteiger partial charge in [0, 0.05) is 29.4 Å². The lowest BCUT2D eigenvalue weighted by atomic mass is 10.1. The summed E-state index contributed by atoms with van der Waals surface area (Å²) in [5.74, 6) is 0. The van der Waals surface area contributed by atoms with Crippen LogP contribution in [0.15, 0.2) is 17.9 Å². The van der Waals surface area contributed by atoms with Crippen LogP contribution in [0, 0.1) is 6.92 Å². The third-order valence-corrected chi connectivity index (χ3v) is 3.52. The zero-order valence-electron chi connectivity index (χ0n) is 11.4. The van der Waals surface area contributed by atoms with Crippen molar-refractivity contribution >= 4 is 11.3 Å². The Labute approximate surface area is 112 Å². The quantitative estimate of drug-likeness (QED) is 0.923. The second-order valence-corrected chi connectivity index (χ2v) is 6.44. The van der Waals surface area contributed by atoms with Gasteiger partial charge in [-0.15, -0.1) is 11.3 Å². The van der Waals surface area contributed by atoms with Gasteiger partial charge in [-0.25, -0.2) is 9.97 Å². The third kappa shape index (κ3) is 3.65. The molecule has 2 aromatic heterocycles. The zero-order valence-corrected chi connectivity index (χ0v) is 12.2. The van der Waals surface area contributed by atoms with E-state index in [1.165, 1.54) is 5.69 Å². The lowest BCUT2D eigenvalue weighted by Gasteiger charge is -2.20. The summed E-state index contributed by atoms with van der Waals surface area (Å²) in [6.45, 7) is 10.1. The highest BCUT2D eigenvalue weighted by molar-refractivity contribution is 7.09. The molecule has 0 aromatic carbocycles. The van der Waals surface area contributed by atoms with E-state index in [0.29, 0.717) is 0 Å². The summed E-state index contributed by atoms with van der Waals surface area (Å²) in [4.78, 5) is 8.71. The molecule has 2 rings (SSSR count). The fourth-order valence-electron chi connectivity index (χ4n) is 1.61. The number of nitrogens with one attached hydrogen (secondary N) is 1. The van der Waals surface area contributed by atoms with E-state index in [2.05, 4.69) is 46.0 Å². The third-order valence-electron chi connectivity index (χ3n) is 2.57. The average molecular weight is 264 g/mol. The molecule has 0 aliphatic rings. The first kappa shape index (κ1) is 13.2. The summed E-state index contributed by atoms with van der Waals surface area (Å²) in [6.07, 6.45) is 3.79. The molecule has 4 nitrogen and oxygen atoms in total. The molecule has 0 amide bonds. The van der Waals surface area contributed by atoms with Crippen molar-refractivity contribution < 1.29 is 0 Å². The van der Waals surface area contributed by atoms with Gasteiger partial charge in [-0.2, -0.15) is 0 Å². The Morgan fingerprint density at radius 3 is 2.78 bits per heavy atom. The highest BCUT2D eigenvalue weighted by atomic mass is 32.1. The first-order valence-electron chi connectivity index (χ1n) is 6.09. The number of hydrogen-bond donors (Lipinski definition) is 1. The number of thiazole rings is 1. The van der Waals surface area contributed by atoms with E-state index in [0.717, 1.165) is 23.8 Å². The van der Waals surface area contributed by atoms with Crippen LogP contribution in [0.5, 0.6) is 0 Å². The normalized spacial score (nSPS) is 12.0. The number of imidazole rings is 1. The number of nitrogens with zero attached hydrogens (tertiary/aromatic N) is 3. The lowest BCUT2D eigenvalue weighted by molar-refractivity contribution is 0.417. The molecule has 0 saturated carbocycles. The minimum absolute atomic E-state index is 0.118. The van der Waals surface area contributed by atoms with Crippen LogP contribution in [0.3, 0.4) is 0 Å². The van der Waals surface area contributed by atoms with Gasteiger partial charge in [-0.3, -0.25) is 0 Å². The van der Waals surface area contributed by atoms with Gasteiger partial charge in [0.2, 0.25) is 0 Å². The van der Waals surface area contributed by atoms with E-state index >= 15 is 0 Å². The van der Waals surface area contributed by atoms with Gasteiger partial charge in [0.05, 0.1) is 18.6 Å². The molecule has 98 valence electrons. The van der Waals surface area contributed by atoms with E-state index < -0.39 is 0 Å². The van der Waals surface area contributed by atoms with E-state index in [1.54, 1.807) is 11.3 Å². The number of aromatic nitrogens is 3. The van der Waals surface area contributed by atoms with Crippen LogP contribution in [-0.2, 0) is 13.1 Å². The van der Waals surface area contributed by atoms with Crippen LogP contribution in [0.25, 0.3) is 0 Å². The SMILES string of the molecule is Cc1csc(Cn2cncc2CNC(C)(C)C)n1. The van der Waals surface area contributed by atoms with E-state index in [4.69, 9.17) is 0 Å². The average Bonchev–Trinajstić information content (AvgIpc) is 2.85. The van der Waals surface area contributed by atoms with Gasteiger partial charge in [-0.1, -0.05) is 0 Å². The summed E-state index contributed by atoms with van der Waals surface area (Å²) in [6, 6.07) is 0. The zero-order chi connectivity index (χ0) is 13.2. The standard InChI is InChI=1S/C13H20N4S/c1-10-8-18-12(16-10)7-17-9-14-5-11(17)6-15-13(2,3)4/h5,8-9,15H,6-7H2,1-4H3. The first-order valence-corrected chi connectivity index (χ1v) is 6.97. The molecular formula is C13H20N4S. The molecule has 0 aliphatic carbocycles. The van der Waals surface area contributed by atoms with Gasteiger partial charge in [0.1, 0.15) is 5.01 Å². The Morgan fingerprint density at radius 2 is 2.17 bits per heavy atom. The maximum atomic E-state index is 4.49. The second-order valence-electron chi connectivity index (χ2n) is 5.50. The Balaban J connectivity index is 2.03. The van der Waals surface area contributed by atoms with E-state index in [-0.39, 0.29) is 5.54 Å². The fourth-order valence-corrected chi connectivity index (χ4v) is 2.38. The Hall–Kier alpha value is -1.20. The predicted octanol–water partition coefficient (Wildman–Crippen LogP) is 2.58. The molecule has 2 heterocycles. The molecule has 0 radical (unpaired) electrons. The van der Waals surface area contributed by atoms with Gasteiger partial charge in [0.25, 0.3) is 0 Å². The van der Waals surface area contributed by atoms with Crippen molar-refractivity contribution in [2.75, 3.05) is 0 Å². The Kier molecular flexibility index (Phi) is 3.82. The van der Waals surface area contributed by atoms with Crippen LogP contribution in [0.2, 0.25) is 0 Å². The topological polar surface area (TPSA) is 42.7 Å². The maximum Gasteiger partial charge on any atom is 0.113 e. The summed E-state index contributed by atoms with van der Waals surface area (Å²) in [7, 11) is 0. The van der Waals surface area contributed by atoms with Crippen molar-refractivity contribution in [3.05, 3.63) is 34.3 Å². The smallest absolute Gasteiger partial charge is 0.113 e. The van der Waals surface area contributed by atoms with Crippen LogP contribution in [0.1, 0.15) is 37.2 Å². The maximum absolute atomic E-state index is 4.49. The molecule has 18 heavy (non-hydrogen) atoms. The molecule has 5 heteroatoms. The monoisotopic (exact) mass is 264 g/mol. The molecule has 0 aliphatic heterocycles. The molecule has 1 N–H and O–H groups in total. The van der Waals surface area contributed by atoms with Crippen molar-refractivity contribution in [1.29, 1.82) is 0 Å². The molecule has 0 fully saturated rings. The summed E-state index contributed by atoms with van der Waals surface area (Å²) < 4.78 is 2.15. The molecule has 0 saturated heterocycles. The fraction of sp³-hybridized carbons (Fsp3) is 0.538. The molecule has 0 atom stereocenters. The van der Waals surface area contributed by atoms with Gasteiger partial charge in [-0.05, 0) is 27.7 Å².